The van der Waals surface area contributed by atoms with E-state index in [0.717, 1.165) is 44.7 Å². The molecule has 0 spiro atoms. The number of H-pyrrole nitrogens is 1. The Morgan fingerprint density at radius 1 is 1.48 bits per heavy atom. The van der Waals surface area contributed by atoms with Gasteiger partial charge in [-0.1, -0.05) is 0 Å². The van der Waals surface area contributed by atoms with Crippen LogP contribution >= 0.6 is 0 Å². The van der Waals surface area contributed by atoms with E-state index in [2.05, 4.69) is 24.6 Å². The van der Waals surface area contributed by atoms with E-state index >= 15 is 0 Å². The number of rotatable bonds is 6. The molecule has 1 amide bonds. The van der Waals surface area contributed by atoms with Crippen molar-refractivity contribution in [2.45, 2.75) is 45.6 Å². The fourth-order valence-corrected chi connectivity index (χ4v) is 3.33. The van der Waals surface area contributed by atoms with E-state index in [0.29, 0.717) is 18.2 Å². The second-order valence-electron chi connectivity index (χ2n) is 6.43. The van der Waals surface area contributed by atoms with Crippen LogP contribution in [0.4, 0.5) is 0 Å². The highest BCUT2D eigenvalue weighted by molar-refractivity contribution is 5.76. The maximum absolute atomic E-state index is 12.4. The lowest BCUT2D eigenvalue weighted by Gasteiger charge is -2.33. The fourth-order valence-electron chi connectivity index (χ4n) is 3.33. The maximum atomic E-state index is 12.4. The fraction of sp³-hybridized carbons (Fsp3) is 0.588. The van der Waals surface area contributed by atoms with E-state index in [-0.39, 0.29) is 0 Å². The number of carbonyl (C=O) groups is 1. The molecule has 0 aromatic carbocycles. The van der Waals surface area contributed by atoms with Crippen LogP contribution in [0.5, 0.6) is 0 Å². The summed E-state index contributed by atoms with van der Waals surface area (Å²) in [5.74, 6) is 1.88. The molecule has 1 aliphatic heterocycles. The third-order valence-corrected chi connectivity index (χ3v) is 4.66. The van der Waals surface area contributed by atoms with Crippen LogP contribution < -0.4 is 0 Å². The number of aromatic amines is 1. The number of imidazole rings is 1. The predicted molar refractivity (Wildman–Crippen MR) is 87.8 cm³/mol. The molecule has 0 aliphatic carbocycles. The number of amides is 1. The van der Waals surface area contributed by atoms with E-state index < -0.39 is 0 Å². The average Bonchev–Trinajstić information content (AvgIpc) is 3.20. The summed E-state index contributed by atoms with van der Waals surface area (Å²) < 4.78 is 2.19. The minimum Gasteiger partial charge on any atom is -0.342 e. The second kappa shape index (κ2) is 7.44. The first-order valence-electron chi connectivity index (χ1n) is 8.45. The van der Waals surface area contributed by atoms with Gasteiger partial charge < -0.3 is 9.47 Å². The number of aromatic nitrogens is 4. The lowest BCUT2D eigenvalue weighted by atomic mass is 9.97. The maximum Gasteiger partial charge on any atom is 0.222 e. The summed E-state index contributed by atoms with van der Waals surface area (Å²) in [6, 6.07) is 0. The van der Waals surface area contributed by atoms with Gasteiger partial charge in [0.05, 0.1) is 6.20 Å². The third kappa shape index (κ3) is 4.21. The molecule has 23 heavy (non-hydrogen) atoms. The van der Waals surface area contributed by atoms with E-state index in [9.17, 15) is 4.79 Å². The van der Waals surface area contributed by atoms with Gasteiger partial charge in [0.2, 0.25) is 5.91 Å². The Kier molecular flexibility index (Phi) is 5.10. The molecule has 0 radical (unpaired) electrons. The minimum atomic E-state index is 0.292. The van der Waals surface area contributed by atoms with Crippen LogP contribution in [-0.2, 0) is 17.8 Å². The summed E-state index contributed by atoms with van der Waals surface area (Å²) in [6.07, 6.45) is 12.3. The number of piperidine rings is 1. The minimum absolute atomic E-state index is 0.292. The second-order valence-corrected chi connectivity index (χ2v) is 6.43. The highest BCUT2D eigenvalue weighted by Crippen LogP contribution is 2.20. The molecule has 1 N–H and O–H groups in total. The Morgan fingerprint density at radius 2 is 2.39 bits per heavy atom. The molecule has 124 valence electrons. The standard InChI is InChI=1S/C17H25N5O/c1-14-18-7-9-21(14)12-16-5-3-8-22(13-16)17(23)6-2-4-15-10-19-20-11-15/h7,9-11,16H,2-6,8,12-13H2,1H3,(H,19,20)/t16-/m1/s1. The van der Waals surface area contributed by atoms with Crippen molar-refractivity contribution in [3.8, 4) is 0 Å². The molecule has 6 heteroatoms. The van der Waals surface area contributed by atoms with Crippen LogP contribution in [0.1, 0.15) is 37.1 Å². The Balaban J connectivity index is 1.45. The van der Waals surface area contributed by atoms with Gasteiger partial charge in [-0.3, -0.25) is 9.89 Å². The van der Waals surface area contributed by atoms with E-state index in [4.69, 9.17) is 0 Å². The number of hydrogen-bond acceptors (Lipinski definition) is 3. The van der Waals surface area contributed by atoms with Crippen molar-refractivity contribution in [1.29, 1.82) is 0 Å². The van der Waals surface area contributed by atoms with Crippen molar-refractivity contribution in [3.63, 3.8) is 0 Å². The van der Waals surface area contributed by atoms with E-state index in [1.165, 1.54) is 12.0 Å². The average molecular weight is 315 g/mol. The highest BCUT2D eigenvalue weighted by Gasteiger charge is 2.23. The third-order valence-electron chi connectivity index (χ3n) is 4.66. The molecule has 3 rings (SSSR count). The zero-order valence-electron chi connectivity index (χ0n) is 13.7. The van der Waals surface area contributed by atoms with Gasteiger partial charge in [-0.05, 0) is 44.1 Å². The Hall–Kier alpha value is -2.11. The van der Waals surface area contributed by atoms with Gasteiger partial charge in [0, 0.05) is 44.6 Å². The van der Waals surface area contributed by atoms with Gasteiger partial charge >= 0.3 is 0 Å². The molecular formula is C17H25N5O. The summed E-state index contributed by atoms with van der Waals surface area (Å²) in [7, 11) is 0. The topological polar surface area (TPSA) is 66.8 Å². The first kappa shape index (κ1) is 15.8. The number of hydrogen-bond donors (Lipinski definition) is 1. The summed E-state index contributed by atoms with van der Waals surface area (Å²) in [5, 5.41) is 6.74. The van der Waals surface area contributed by atoms with Crippen LogP contribution in [-0.4, -0.2) is 43.6 Å². The summed E-state index contributed by atoms with van der Waals surface area (Å²) in [4.78, 5) is 18.8. The monoisotopic (exact) mass is 315 g/mol. The zero-order valence-corrected chi connectivity index (χ0v) is 13.7. The van der Waals surface area contributed by atoms with Crippen LogP contribution in [0, 0.1) is 12.8 Å². The zero-order chi connectivity index (χ0) is 16.1. The molecule has 3 heterocycles. The van der Waals surface area contributed by atoms with Crippen molar-refractivity contribution in [1.82, 2.24) is 24.6 Å². The van der Waals surface area contributed by atoms with Crippen molar-refractivity contribution in [2.24, 2.45) is 5.92 Å². The van der Waals surface area contributed by atoms with Crippen molar-refractivity contribution in [2.75, 3.05) is 13.1 Å². The van der Waals surface area contributed by atoms with Gasteiger partial charge in [0.15, 0.2) is 0 Å². The van der Waals surface area contributed by atoms with Gasteiger partial charge in [-0.2, -0.15) is 5.10 Å². The first-order valence-corrected chi connectivity index (χ1v) is 8.45. The predicted octanol–water partition coefficient (Wildman–Crippen LogP) is 2.18. The highest BCUT2D eigenvalue weighted by atomic mass is 16.2. The molecular weight excluding hydrogens is 290 g/mol. The molecule has 0 saturated carbocycles. The van der Waals surface area contributed by atoms with E-state index in [1.54, 1.807) is 0 Å². The van der Waals surface area contributed by atoms with Gasteiger partial charge in [0.25, 0.3) is 0 Å². The number of nitrogens with one attached hydrogen (secondary N) is 1. The molecule has 0 bridgehead atoms. The SMILES string of the molecule is Cc1nccn1C[C@H]1CCCN(C(=O)CCCc2cn[nH]c2)C1. The normalized spacial score (nSPS) is 18.3. The van der Waals surface area contributed by atoms with Crippen LogP contribution in [0.3, 0.4) is 0 Å². The summed E-state index contributed by atoms with van der Waals surface area (Å²) >= 11 is 0. The Morgan fingerprint density at radius 3 is 3.13 bits per heavy atom. The lowest BCUT2D eigenvalue weighted by Crippen LogP contribution is -2.41. The Labute approximate surface area is 136 Å². The molecule has 0 unspecified atom stereocenters. The van der Waals surface area contributed by atoms with Crippen LogP contribution in [0.25, 0.3) is 0 Å². The smallest absolute Gasteiger partial charge is 0.222 e. The first-order chi connectivity index (χ1) is 11.2. The largest absolute Gasteiger partial charge is 0.342 e. The van der Waals surface area contributed by atoms with Crippen LogP contribution in [0.2, 0.25) is 0 Å². The van der Waals surface area contributed by atoms with Crippen molar-refractivity contribution < 1.29 is 4.79 Å². The quantitative estimate of drug-likeness (QED) is 0.888. The Bertz CT molecular complexity index is 619. The number of carbonyl (C=O) groups excluding carboxylic acids is 1. The number of nitrogens with zero attached hydrogens (tertiary/aromatic N) is 4. The van der Waals surface area contributed by atoms with Crippen LogP contribution in [0.15, 0.2) is 24.8 Å². The van der Waals surface area contributed by atoms with Gasteiger partial charge in [-0.25, -0.2) is 4.98 Å². The molecule has 1 saturated heterocycles. The van der Waals surface area contributed by atoms with Crippen molar-refractivity contribution >= 4 is 5.91 Å². The van der Waals surface area contributed by atoms with Crippen molar-refractivity contribution in [3.05, 3.63) is 36.2 Å². The summed E-state index contributed by atoms with van der Waals surface area (Å²) in [5.41, 5.74) is 1.17. The molecule has 1 aliphatic rings. The number of aryl methyl sites for hydroxylation is 2. The van der Waals surface area contributed by atoms with E-state index in [1.807, 2.05) is 31.7 Å². The number of likely N-dealkylation sites (tertiary alicyclic amines) is 1. The molecule has 1 atom stereocenters. The lowest BCUT2D eigenvalue weighted by molar-refractivity contribution is -0.133. The molecule has 2 aromatic heterocycles. The molecule has 2 aromatic rings. The summed E-state index contributed by atoms with van der Waals surface area (Å²) in [6.45, 7) is 4.78. The molecule has 1 fully saturated rings. The van der Waals surface area contributed by atoms with Gasteiger partial charge in [-0.15, -0.1) is 0 Å². The van der Waals surface area contributed by atoms with Gasteiger partial charge in [0.1, 0.15) is 5.82 Å². The molecule has 6 nitrogen and oxygen atoms in total.